The van der Waals surface area contributed by atoms with E-state index in [1.807, 2.05) is 18.8 Å². The third-order valence-corrected chi connectivity index (χ3v) is 3.75. The van der Waals surface area contributed by atoms with E-state index in [-0.39, 0.29) is 6.04 Å². The average molecular weight is 278 g/mol. The Morgan fingerprint density at radius 3 is 2.53 bits per heavy atom. The molecule has 0 aliphatic rings. The number of aryl methyl sites for hydroxylation is 3. The van der Waals surface area contributed by atoms with E-state index in [1.54, 1.807) is 6.20 Å². The van der Waals surface area contributed by atoms with Gasteiger partial charge in [-0.15, -0.1) is 0 Å². The quantitative estimate of drug-likeness (QED) is 0.909. The van der Waals surface area contributed by atoms with Gasteiger partial charge in [0.05, 0.1) is 23.0 Å². The fourth-order valence-corrected chi connectivity index (χ4v) is 2.59. The van der Waals surface area contributed by atoms with Gasteiger partial charge in [-0.25, -0.2) is 0 Å². The zero-order chi connectivity index (χ0) is 13.8. The first-order valence-electron chi connectivity index (χ1n) is 6.52. The number of nitrogens with zero attached hydrogens (tertiary/aromatic N) is 2. The second-order valence-corrected chi connectivity index (χ2v) is 5.27. The molecule has 0 aliphatic heterocycles. The van der Waals surface area contributed by atoms with Crippen LogP contribution in [0.1, 0.15) is 29.3 Å². The average Bonchev–Trinajstić information content (AvgIpc) is 2.73. The van der Waals surface area contributed by atoms with Crippen LogP contribution in [0.4, 0.5) is 0 Å². The third-order valence-electron chi connectivity index (χ3n) is 3.46. The number of benzene rings is 1. The molecule has 3 nitrogen and oxygen atoms in total. The second-order valence-electron chi connectivity index (χ2n) is 4.87. The lowest BCUT2D eigenvalue weighted by Crippen LogP contribution is -2.20. The lowest BCUT2D eigenvalue weighted by molar-refractivity contribution is 0.506. The van der Waals surface area contributed by atoms with Crippen molar-refractivity contribution >= 4 is 11.6 Å². The Kier molecular flexibility index (Phi) is 4.61. The molecule has 1 heterocycles. The van der Waals surface area contributed by atoms with E-state index < -0.39 is 0 Å². The summed E-state index contributed by atoms with van der Waals surface area (Å²) in [5, 5.41) is 8.25. The van der Waals surface area contributed by atoms with Crippen molar-refractivity contribution in [2.75, 3.05) is 7.05 Å². The summed E-state index contributed by atoms with van der Waals surface area (Å²) in [4.78, 5) is 0. The standard InChI is InChI=1S/C15H20ClN3/c1-11-4-6-12(7-5-11)8-9-14(17-2)15-13(16)10-18-19(15)3/h4-7,10,14,17H,8-9H2,1-3H3. The van der Waals surface area contributed by atoms with Gasteiger partial charge in [0.2, 0.25) is 0 Å². The molecule has 0 saturated carbocycles. The van der Waals surface area contributed by atoms with Crippen molar-refractivity contribution in [3.05, 3.63) is 52.3 Å². The fourth-order valence-electron chi connectivity index (χ4n) is 2.30. The van der Waals surface area contributed by atoms with Gasteiger partial charge >= 0.3 is 0 Å². The number of hydrogen-bond acceptors (Lipinski definition) is 2. The lowest BCUT2D eigenvalue weighted by Gasteiger charge is -2.17. The molecule has 4 heteroatoms. The van der Waals surface area contributed by atoms with E-state index in [0.717, 1.165) is 23.6 Å². The number of aromatic nitrogens is 2. The highest BCUT2D eigenvalue weighted by molar-refractivity contribution is 6.31. The van der Waals surface area contributed by atoms with Crippen molar-refractivity contribution in [1.82, 2.24) is 15.1 Å². The summed E-state index contributed by atoms with van der Waals surface area (Å²) in [5.74, 6) is 0. The Labute approximate surface area is 119 Å². The Balaban J connectivity index is 2.06. The fraction of sp³-hybridized carbons (Fsp3) is 0.400. The minimum absolute atomic E-state index is 0.223. The Bertz CT molecular complexity index is 511. The molecule has 1 atom stereocenters. The van der Waals surface area contributed by atoms with Crippen LogP contribution in [0, 0.1) is 6.92 Å². The zero-order valence-corrected chi connectivity index (χ0v) is 12.4. The smallest absolute Gasteiger partial charge is 0.0833 e. The molecule has 102 valence electrons. The van der Waals surface area contributed by atoms with Crippen LogP contribution in [0.2, 0.25) is 5.02 Å². The summed E-state index contributed by atoms with van der Waals surface area (Å²) in [6.07, 6.45) is 3.72. The molecule has 1 N–H and O–H groups in total. The van der Waals surface area contributed by atoms with E-state index in [9.17, 15) is 0 Å². The van der Waals surface area contributed by atoms with Crippen LogP contribution in [0.25, 0.3) is 0 Å². The summed E-state index contributed by atoms with van der Waals surface area (Å²) in [6, 6.07) is 8.91. The van der Waals surface area contributed by atoms with E-state index in [1.165, 1.54) is 11.1 Å². The first-order chi connectivity index (χ1) is 9.11. The molecule has 2 aromatic rings. The number of hydrogen-bond donors (Lipinski definition) is 1. The van der Waals surface area contributed by atoms with Crippen LogP contribution in [-0.4, -0.2) is 16.8 Å². The van der Waals surface area contributed by atoms with Crippen molar-refractivity contribution in [2.45, 2.75) is 25.8 Å². The topological polar surface area (TPSA) is 29.9 Å². The predicted octanol–water partition coefficient (Wildman–Crippen LogP) is 3.28. The molecule has 1 aromatic heterocycles. The molecule has 0 amide bonds. The Hall–Kier alpha value is -1.32. The first-order valence-corrected chi connectivity index (χ1v) is 6.90. The van der Waals surface area contributed by atoms with Gasteiger partial charge in [0.1, 0.15) is 0 Å². The van der Waals surface area contributed by atoms with Crippen molar-refractivity contribution in [2.24, 2.45) is 7.05 Å². The summed E-state index contributed by atoms with van der Waals surface area (Å²) < 4.78 is 1.85. The monoisotopic (exact) mass is 277 g/mol. The Morgan fingerprint density at radius 1 is 1.32 bits per heavy atom. The van der Waals surface area contributed by atoms with Gasteiger partial charge in [-0.1, -0.05) is 41.4 Å². The third kappa shape index (κ3) is 3.37. The van der Waals surface area contributed by atoms with E-state index in [2.05, 4.69) is 41.6 Å². The minimum Gasteiger partial charge on any atom is -0.312 e. The van der Waals surface area contributed by atoms with E-state index >= 15 is 0 Å². The Morgan fingerprint density at radius 2 is 2.00 bits per heavy atom. The maximum atomic E-state index is 6.20. The van der Waals surface area contributed by atoms with Crippen molar-refractivity contribution in [3.8, 4) is 0 Å². The molecule has 0 aliphatic carbocycles. The van der Waals surface area contributed by atoms with Gasteiger partial charge in [-0.3, -0.25) is 4.68 Å². The van der Waals surface area contributed by atoms with Crippen LogP contribution in [-0.2, 0) is 13.5 Å². The molecule has 0 radical (unpaired) electrons. The van der Waals surface area contributed by atoms with Gasteiger partial charge in [0.25, 0.3) is 0 Å². The largest absolute Gasteiger partial charge is 0.312 e. The van der Waals surface area contributed by atoms with Gasteiger partial charge < -0.3 is 5.32 Å². The molecule has 19 heavy (non-hydrogen) atoms. The van der Waals surface area contributed by atoms with Gasteiger partial charge in [0.15, 0.2) is 0 Å². The zero-order valence-electron chi connectivity index (χ0n) is 11.7. The second kappa shape index (κ2) is 6.22. The molecular weight excluding hydrogens is 258 g/mol. The molecule has 0 spiro atoms. The SMILES string of the molecule is CNC(CCc1ccc(C)cc1)c1c(Cl)cnn1C. The number of nitrogens with one attached hydrogen (secondary N) is 1. The molecule has 2 rings (SSSR count). The highest BCUT2D eigenvalue weighted by atomic mass is 35.5. The maximum Gasteiger partial charge on any atom is 0.0833 e. The summed E-state index contributed by atoms with van der Waals surface area (Å²) >= 11 is 6.20. The van der Waals surface area contributed by atoms with Crippen LogP contribution >= 0.6 is 11.6 Å². The first kappa shape index (κ1) is 14.1. The highest BCUT2D eigenvalue weighted by Crippen LogP contribution is 2.25. The van der Waals surface area contributed by atoms with Crippen molar-refractivity contribution < 1.29 is 0 Å². The minimum atomic E-state index is 0.223. The maximum absolute atomic E-state index is 6.20. The van der Waals surface area contributed by atoms with E-state index in [0.29, 0.717) is 0 Å². The summed E-state index contributed by atoms with van der Waals surface area (Å²) in [6.45, 7) is 2.11. The molecule has 1 aromatic carbocycles. The molecule has 0 bridgehead atoms. The van der Waals surface area contributed by atoms with Gasteiger partial charge in [-0.2, -0.15) is 5.10 Å². The predicted molar refractivity (Wildman–Crippen MR) is 79.5 cm³/mol. The van der Waals surface area contributed by atoms with Crippen LogP contribution in [0.5, 0.6) is 0 Å². The van der Waals surface area contributed by atoms with Crippen molar-refractivity contribution in [1.29, 1.82) is 0 Å². The van der Waals surface area contributed by atoms with Crippen LogP contribution in [0.15, 0.2) is 30.5 Å². The molecule has 0 saturated heterocycles. The lowest BCUT2D eigenvalue weighted by atomic mass is 10.0. The van der Waals surface area contributed by atoms with Crippen molar-refractivity contribution in [3.63, 3.8) is 0 Å². The summed E-state index contributed by atoms with van der Waals surface area (Å²) in [7, 11) is 3.89. The number of halogens is 1. The normalized spacial score (nSPS) is 12.6. The molecular formula is C15H20ClN3. The summed E-state index contributed by atoms with van der Waals surface area (Å²) in [5.41, 5.74) is 3.70. The van der Waals surface area contributed by atoms with Gasteiger partial charge in [0, 0.05) is 7.05 Å². The highest BCUT2D eigenvalue weighted by Gasteiger charge is 2.17. The van der Waals surface area contributed by atoms with Crippen LogP contribution in [0.3, 0.4) is 0 Å². The van der Waals surface area contributed by atoms with E-state index in [4.69, 9.17) is 11.6 Å². The van der Waals surface area contributed by atoms with Crippen LogP contribution < -0.4 is 5.32 Å². The van der Waals surface area contributed by atoms with Gasteiger partial charge in [-0.05, 0) is 32.4 Å². The molecule has 1 unspecified atom stereocenters. The number of rotatable bonds is 5. The molecule has 0 fully saturated rings.